The van der Waals surface area contributed by atoms with Crippen LogP contribution in [0.3, 0.4) is 0 Å². The maximum atomic E-state index is 13.3. The maximum Gasteiger partial charge on any atom is 0.251 e. The molecule has 0 radical (unpaired) electrons. The second-order valence-corrected chi connectivity index (χ2v) is 10.6. The second kappa shape index (κ2) is 9.17. The van der Waals surface area contributed by atoms with E-state index in [1.54, 1.807) is 6.07 Å². The van der Waals surface area contributed by atoms with Crippen LogP contribution in [0.1, 0.15) is 28.4 Å². The Morgan fingerprint density at radius 2 is 1.97 bits per heavy atom. The molecule has 8 nitrogen and oxygen atoms in total. The lowest BCUT2D eigenvalue weighted by atomic mass is 10.00. The van der Waals surface area contributed by atoms with E-state index in [-0.39, 0.29) is 18.2 Å². The molecule has 4 rings (SSSR count). The maximum absolute atomic E-state index is 13.3. The van der Waals surface area contributed by atoms with Crippen molar-refractivity contribution < 1.29 is 18.3 Å². The summed E-state index contributed by atoms with van der Waals surface area (Å²) >= 11 is 0. The number of aromatic nitrogens is 1. The van der Waals surface area contributed by atoms with E-state index >= 15 is 0 Å². The van der Waals surface area contributed by atoms with E-state index in [1.807, 2.05) is 54.1 Å². The molecule has 1 unspecified atom stereocenters. The van der Waals surface area contributed by atoms with Gasteiger partial charge in [-0.1, -0.05) is 37.3 Å². The van der Waals surface area contributed by atoms with Gasteiger partial charge >= 0.3 is 0 Å². The van der Waals surface area contributed by atoms with Gasteiger partial charge in [-0.25, -0.2) is 8.42 Å². The van der Waals surface area contributed by atoms with Crippen LogP contribution in [0.15, 0.2) is 48.7 Å². The Bertz CT molecular complexity index is 1270. The highest BCUT2D eigenvalue weighted by atomic mass is 32.2. The normalized spacial score (nSPS) is 16.9. The number of sulfonamides is 1. The number of benzene rings is 2. The Morgan fingerprint density at radius 3 is 2.64 bits per heavy atom. The zero-order valence-electron chi connectivity index (χ0n) is 18.9. The molecular formula is C24H30N4O4S. The van der Waals surface area contributed by atoms with E-state index < -0.39 is 22.2 Å². The van der Waals surface area contributed by atoms with Crippen molar-refractivity contribution >= 4 is 32.5 Å². The lowest BCUT2D eigenvalue weighted by molar-refractivity contribution is 0.0846. The van der Waals surface area contributed by atoms with Crippen LogP contribution in [0.2, 0.25) is 0 Å². The van der Waals surface area contributed by atoms with Crippen LogP contribution in [0.25, 0.3) is 10.9 Å². The molecule has 9 heteroatoms. The number of hydrogen-bond donors (Lipinski definition) is 3. The molecule has 0 aliphatic carbocycles. The molecule has 4 N–H and O–H groups in total. The SMILES string of the molecule is CCc1cn2c3c(cc(C(=O)N[C@@H](Cc4ccccc4)C(O)CN)cc13)N(C)S(=O)(=O)CC2. The Labute approximate surface area is 194 Å². The monoisotopic (exact) mass is 470 g/mol. The number of carbonyl (C=O) groups is 1. The van der Waals surface area contributed by atoms with E-state index in [0.717, 1.165) is 28.5 Å². The summed E-state index contributed by atoms with van der Waals surface area (Å²) in [7, 11) is -1.98. The minimum absolute atomic E-state index is 0.00547. The van der Waals surface area contributed by atoms with E-state index in [1.165, 1.54) is 11.4 Å². The van der Waals surface area contributed by atoms with Crippen molar-refractivity contribution in [2.75, 3.05) is 23.7 Å². The number of anilines is 1. The molecule has 2 atom stereocenters. The van der Waals surface area contributed by atoms with Gasteiger partial charge in [-0.2, -0.15) is 0 Å². The summed E-state index contributed by atoms with van der Waals surface area (Å²) in [5.74, 6) is -0.388. The average molecular weight is 471 g/mol. The van der Waals surface area contributed by atoms with Gasteiger partial charge in [0.2, 0.25) is 10.0 Å². The van der Waals surface area contributed by atoms with Crippen LogP contribution in [-0.2, 0) is 29.4 Å². The highest BCUT2D eigenvalue weighted by Gasteiger charge is 2.29. The molecule has 2 heterocycles. The number of amides is 1. The second-order valence-electron chi connectivity index (χ2n) is 8.45. The summed E-state index contributed by atoms with van der Waals surface area (Å²) in [5, 5.41) is 14.2. The number of aliphatic hydroxyl groups excluding tert-OH is 1. The third-order valence-electron chi connectivity index (χ3n) is 6.35. The van der Waals surface area contributed by atoms with Crippen LogP contribution in [0, 0.1) is 0 Å². The number of hydrogen-bond acceptors (Lipinski definition) is 5. The van der Waals surface area contributed by atoms with E-state index in [9.17, 15) is 18.3 Å². The van der Waals surface area contributed by atoms with Crippen LogP contribution < -0.4 is 15.4 Å². The molecule has 0 bridgehead atoms. The zero-order valence-corrected chi connectivity index (χ0v) is 19.7. The first kappa shape index (κ1) is 23.3. The van der Waals surface area contributed by atoms with Crippen LogP contribution in [0.5, 0.6) is 0 Å². The standard InChI is InChI=1S/C24H30N4O4S/c1-3-17-15-28-9-10-33(31,32)27(2)21-13-18(12-19(17)23(21)28)24(30)26-20(22(29)14-25)11-16-7-5-4-6-8-16/h4-8,12-13,15,20,22,29H,3,9-11,14,25H2,1-2H3,(H,26,30)/t20-,22?/m0/s1. The topological polar surface area (TPSA) is 118 Å². The predicted octanol–water partition coefficient (Wildman–Crippen LogP) is 1.64. The van der Waals surface area contributed by atoms with Crippen molar-refractivity contribution in [2.24, 2.45) is 5.73 Å². The summed E-state index contributed by atoms with van der Waals surface area (Å²) in [5.41, 5.74) is 9.35. The highest BCUT2D eigenvalue weighted by Crippen LogP contribution is 2.35. The summed E-state index contributed by atoms with van der Waals surface area (Å²) in [4.78, 5) is 13.3. The molecule has 0 saturated carbocycles. The molecule has 2 aromatic carbocycles. The molecule has 1 aromatic heterocycles. The number of rotatable bonds is 7. The lowest BCUT2D eigenvalue weighted by Gasteiger charge is -2.24. The molecule has 0 spiro atoms. The number of nitrogens with zero attached hydrogens (tertiary/aromatic N) is 2. The first-order valence-electron chi connectivity index (χ1n) is 11.1. The summed E-state index contributed by atoms with van der Waals surface area (Å²) < 4.78 is 28.7. The molecule has 0 saturated heterocycles. The number of nitrogens with two attached hydrogens (primary N) is 1. The summed E-state index contributed by atoms with van der Waals surface area (Å²) in [6.07, 6.45) is 2.23. The van der Waals surface area contributed by atoms with E-state index in [2.05, 4.69) is 5.32 Å². The third-order valence-corrected chi connectivity index (χ3v) is 8.07. The van der Waals surface area contributed by atoms with Gasteiger partial charge < -0.3 is 20.7 Å². The van der Waals surface area contributed by atoms with Crippen LogP contribution in [-0.4, -0.2) is 55.5 Å². The largest absolute Gasteiger partial charge is 0.390 e. The summed E-state index contributed by atoms with van der Waals surface area (Å²) in [6, 6.07) is 12.4. The Kier molecular flexibility index (Phi) is 6.47. The van der Waals surface area contributed by atoms with Crippen LogP contribution in [0.4, 0.5) is 5.69 Å². The van der Waals surface area contributed by atoms with Crippen molar-refractivity contribution in [3.05, 3.63) is 65.4 Å². The Morgan fingerprint density at radius 1 is 1.24 bits per heavy atom. The van der Waals surface area contributed by atoms with Gasteiger partial charge in [-0.15, -0.1) is 0 Å². The molecular weight excluding hydrogens is 440 g/mol. The lowest BCUT2D eigenvalue weighted by Crippen LogP contribution is -2.47. The van der Waals surface area contributed by atoms with E-state index in [0.29, 0.717) is 24.2 Å². The van der Waals surface area contributed by atoms with Crippen molar-refractivity contribution in [2.45, 2.75) is 38.5 Å². The fraction of sp³-hybridized carbons (Fsp3) is 0.375. The zero-order chi connectivity index (χ0) is 23.8. The van der Waals surface area contributed by atoms with Crippen LogP contribution >= 0.6 is 0 Å². The first-order chi connectivity index (χ1) is 15.7. The Hall–Kier alpha value is -2.88. The first-order valence-corrected chi connectivity index (χ1v) is 12.7. The van der Waals surface area contributed by atoms with Crippen molar-refractivity contribution in [1.82, 2.24) is 9.88 Å². The molecule has 33 heavy (non-hydrogen) atoms. The molecule has 1 amide bonds. The van der Waals surface area contributed by atoms with Crippen molar-refractivity contribution in [3.63, 3.8) is 0 Å². The molecule has 0 fully saturated rings. The summed E-state index contributed by atoms with van der Waals surface area (Å²) in [6.45, 7) is 2.40. The number of aliphatic hydroxyl groups is 1. The highest BCUT2D eigenvalue weighted by molar-refractivity contribution is 7.92. The van der Waals surface area contributed by atoms with Gasteiger partial charge in [0.15, 0.2) is 0 Å². The number of carbonyl (C=O) groups excluding carboxylic acids is 1. The predicted molar refractivity (Wildman–Crippen MR) is 130 cm³/mol. The van der Waals surface area contributed by atoms with E-state index in [4.69, 9.17) is 5.73 Å². The van der Waals surface area contributed by atoms with Gasteiger partial charge in [0.1, 0.15) is 0 Å². The van der Waals surface area contributed by atoms with Gasteiger partial charge in [-0.3, -0.25) is 9.10 Å². The fourth-order valence-electron chi connectivity index (χ4n) is 4.38. The minimum atomic E-state index is -3.50. The third kappa shape index (κ3) is 4.48. The average Bonchev–Trinajstić information content (AvgIpc) is 3.15. The minimum Gasteiger partial charge on any atom is -0.390 e. The molecule has 1 aliphatic rings. The number of aryl methyl sites for hydroxylation is 2. The molecule has 3 aromatic rings. The van der Waals surface area contributed by atoms with Crippen molar-refractivity contribution in [3.8, 4) is 0 Å². The van der Waals surface area contributed by atoms with Gasteiger partial charge in [0.05, 0.1) is 29.1 Å². The molecule has 176 valence electrons. The fourth-order valence-corrected chi connectivity index (χ4v) is 5.53. The van der Waals surface area contributed by atoms with Crippen molar-refractivity contribution in [1.29, 1.82) is 0 Å². The molecule has 1 aliphatic heterocycles. The Balaban J connectivity index is 1.74. The van der Waals surface area contributed by atoms with Gasteiger partial charge in [-0.05, 0) is 36.1 Å². The van der Waals surface area contributed by atoms with Gasteiger partial charge in [0.25, 0.3) is 5.91 Å². The number of nitrogens with one attached hydrogen (secondary N) is 1. The smallest absolute Gasteiger partial charge is 0.251 e. The quantitative estimate of drug-likeness (QED) is 0.485. The van der Waals surface area contributed by atoms with Gasteiger partial charge in [0, 0.05) is 37.3 Å².